The molecular formula is C11H10ClF3O2. The van der Waals surface area contributed by atoms with Crippen molar-refractivity contribution >= 4 is 17.4 Å². The Morgan fingerprint density at radius 2 is 2.00 bits per heavy atom. The summed E-state index contributed by atoms with van der Waals surface area (Å²) in [6.45, 7) is 1.39. The maximum Gasteiger partial charge on any atom is 0.419 e. The number of alkyl halides is 4. The number of ether oxygens (including phenoxy) is 1. The third kappa shape index (κ3) is 2.91. The lowest BCUT2D eigenvalue weighted by Crippen LogP contribution is -2.15. The SMILES string of the molecule is COc1c(C(=O)C(C)Cl)cccc1C(F)(F)F. The Balaban J connectivity index is 3.39. The molecular weight excluding hydrogens is 257 g/mol. The van der Waals surface area contributed by atoms with Gasteiger partial charge in [-0.2, -0.15) is 13.2 Å². The van der Waals surface area contributed by atoms with Gasteiger partial charge in [-0.25, -0.2) is 0 Å². The number of methoxy groups -OCH3 is 1. The maximum absolute atomic E-state index is 12.7. The van der Waals surface area contributed by atoms with Crippen LogP contribution in [0.1, 0.15) is 22.8 Å². The fourth-order valence-electron chi connectivity index (χ4n) is 1.39. The summed E-state index contributed by atoms with van der Waals surface area (Å²) in [5.41, 5.74) is -1.15. The van der Waals surface area contributed by atoms with E-state index in [0.29, 0.717) is 0 Å². The Labute approximate surface area is 101 Å². The molecule has 94 valence electrons. The van der Waals surface area contributed by atoms with Crippen LogP contribution in [0.2, 0.25) is 0 Å². The van der Waals surface area contributed by atoms with Gasteiger partial charge in [0, 0.05) is 0 Å². The molecule has 1 unspecified atom stereocenters. The Bertz CT molecular complexity index is 427. The molecule has 0 aliphatic rings. The van der Waals surface area contributed by atoms with E-state index in [9.17, 15) is 18.0 Å². The molecule has 0 heterocycles. The van der Waals surface area contributed by atoms with Gasteiger partial charge in [0.25, 0.3) is 0 Å². The number of Topliss-reactive ketones (excluding diaryl/α,β-unsaturated/α-hetero) is 1. The van der Waals surface area contributed by atoms with Crippen molar-refractivity contribution in [3.8, 4) is 5.75 Å². The quantitative estimate of drug-likeness (QED) is 0.618. The molecule has 1 aromatic rings. The van der Waals surface area contributed by atoms with E-state index in [1.807, 2.05) is 0 Å². The summed E-state index contributed by atoms with van der Waals surface area (Å²) < 4.78 is 42.6. The van der Waals surface area contributed by atoms with E-state index < -0.39 is 28.6 Å². The first-order valence-electron chi connectivity index (χ1n) is 4.71. The van der Waals surface area contributed by atoms with Crippen molar-refractivity contribution in [3.63, 3.8) is 0 Å². The van der Waals surface area contributed by atoms with Crippen LogP contribution in [0.5, 0.6) is 5.75 Å². The number of para-hydroxylation sites is 1. The van der Waals surface area contributed by atoms with Crippen molar-refractivity contribution in [2.75, 3.05) is 7.11 Å². The lowest BCUT2D eigenvalue weighted by Gasteiger charge is -2.15. The van der Waals surface area contributed by atoms with Gasteiger partial charge in [0.05, 0.1) is 23.6 Å². The van der Waals surface area contributed by atoms with Gasteiger partial charge in [-0.15, -0.1) is 11.6 Å². The van der Waals surface area contributed by atoms with Crippen LogP contribution in [-0.2, 0) is 6.18 Å². The summed E-state index contributed by atoms with van der Waals surface area (Å²) in [6, 6.07) is 3.27. The Hall–Kier alpha value is -1.23. The summed E-state index contributed by atoms with van der Waals surface area (Å²) >= 11 is 5.57. The van der Waals surface area contributed by atoms with Crippen LogP contribution >= 0.6 is 11.6 Å². The van der Waals surface area contributed by atoms with E-state index in [1.165, 1.54) is 13.0 Å². The van der Waals surface area contributed by atoms with E-state index in [4.69, 9.17) is 11.6 Å². The minimum absolute atomic E-state index is 0.162. The normalized spacial score (nSPS) is 13.3. The van der Waals surface area contributed by atoms with Gasteiger partial charge in [-0.3, -0.25) is 4.79 Å². The molecule has 0 fully saturated rings. The number of ketones is 1. The van der Waals surface area contributed by atoms with Crippen LogP contribution in [-0.4, -0.2) is 18.3 Å². The lowest BCUT2D eigenvalue weighted by molar-refractivity contribution is -0.138. The predicted molar refractivity (Wildman–Crippen MR) is 57.6 cm³/mol. The second-order valence-electron chi connectivity index (χ2n) is 3.36. The van der Waals surface area contributed by atoms with E-state index in [1.54, 1.807) is 0 Å². The second-order valence-corrected chi connectivity index (χ2v) is 4.02. The topological polar surface area (TPSA) is 26.3 Å². The van der Waals surface area contributed by atoms with Crippen LogP contribution in [0.25, 0.3) is 0 Å². The molecule has 0 aliphatic carbocycles. The summed E-state index contributed by atoms with van der Waals surface area (Å²) in [5, 5.41) is -0.910. The standard InChI is InChI=1S/C11H10ClF3O2/c1-6(12)9(16)7-4-3-5-8(10(7)17-2)11(13,14)15/h3-6H,1-2H3. The molecule has 0 saturated carbocycles. The molecule has 1 aromatic carbocycles. The Kier molecular flexibility index (Phi) is 4.03. The van der Waals surface area contributed by atoms with E-state index >= 15 is 0 Å². The first kappa shape index (κ1) is 13.8. The molecule has 1 rings (SSSR count). The molecule has 0 aliphatic heterocycles. The number of hydrogen-bond acceptors (Lipinski definition) is 2. The Morgan fingerprint density at radius 3 is 2.41 bits per heavy atom. The van der Waals surface area contributed by atoms with Gasteiger partial charge in [-0.1, -0.05) is 6.07 Å². The highest BCUT2D eigenvalue weighted by atomic mass is 35.5. The third-order valence-corrected chi connectivity index (χ3v) is 2.35. The molecule has 0 aromatic heterocycles. The average Bonchev–Trinajstić information content (AvgIpc) is 2.25. The fraction of sp³-hybridized carbons (Fsp3) is 0.364. The van der Waals surface area contributed by atoms with Crippen LogP contribution in [0.15, 0.2) is 18.2 Å². The molecule has 17 heavy (non-hydrogen) atoms. The minimum atomic E-state index is -4.57. The van der Waals surface area contributed by atoms with Gasteiger partial charge < -0.3 is 4.74 Å². The number of hydrogen-bond donors (Lipinski definition) is 0. The first-order valence-corrected chi connectivity index (χ1v) is 5.15. The molecule has 6 heteroatoms. The molecule has 0 spiro atoms. The van der Waals surface area contributed by atoms with E-state index in [0.717, 1.165) is 19.2 Å². The van der Waals surface area contributed by atoms with Crippen molar-refractivity contribution < 1.29 is 22.7 Å². The van der Waals surface area contributed by atoms with Gasteiger partial charge in [0.1, 0.15) is 5.75 Å². The molecule has 0 saturated heterocycles. The molecule has 1 atom stereocenters. The third-order valence-electron chi connectivity index (χ3n) is 2.15. The highest BCUT2D eigenvalue weighted by Gasteiger charge is 2.36. The summed E-state index contributed by atoms with van der Waals surface area (Å²) in [4.78, 5) is 11.6. The van der Waals surface area contributed by atoms with Crippen molar-refractivity contribution in [2.45, 2.75) is 18.5 Å². The molecule has 2 nitrogen and oxygen atoms in total. The maximum atomic E-state index is 12.7. The summed E-state index contributed by atoms with van der Waals surface area (Å²) in [5.74, 6) is -1.09. The van der Waals surface area contributed by atoms with Gasteiger partial charge >= 0.3 is 6.18 Å². The highest BCUT2D eigenvalue weighted by Crippen LogP contribution is 2.38. The zero-order chi connectivity index (χ0) is 13.2. The number of carbonyl (C=O) groups is 1. The fourth-order valence-corrected chi connectivity index (χ4v) is 1.51. The lowest BCUT2D eigenvalue weighted by atomic mass is 10.0. The molecule has 0 amide bonds. The average molecular weight is 267 g/mol. The molecule has 0 bridgehead atoms. The summed E-state index contributed by atoms with van der Waals surface area (Å²) in [6.07, 6.45) is -4.57. The van der Waals surface area contributed by atoms with Crippen molar-refractivity contribution in [3.05, 3.63) is 29.3 Å². The zero-order valence-corrected chi connectivity index (χ0v) is 9.89. The monoisotopic (exact) mass is 266 g/mol. The number of benzene rings is 1. The van der Waals surface area contributed by atoms with Gasteiger partial charge in [-0.05, 0) is 19.1 Å². The molecule has 0 radical (unpaired) electrons. The highest BCUT2D eigenvalue weighted by molar-refractivity contribution is 6.34. The number of halogens is 4. The van der Waals surface area contributed by atoms with Crippen molar-refractivity contribution in [1.29, 1.82) is 0 Å². The smallest absolute Gasteiger partial charge is 0.419 e. The minimum Gasteiger partial charge on any atom is -0.495 e. The van der Waals surface area contributed by atoms with Gasteiger partial charge in [0.2, 0.25) is 0 Å². The van der Waals surface area contributed by atoms with Crippen LogP contribution in [0.3, 0.4) is 0 Å². The van der Waals surface area contributed by atoms with Crippen LogP contribution in [0, 0.1) is 0 Å². The van der Waals surface area contributed by atoms with Crippen LogP contribution in [0.4, 0.5) is 13.2 Å². The Morgan fingerprint density at radius 1 is 1.41 bits per heavy atom. The number of carbonyl (C=O) groups excluding carboxylic acids is 1. The predicted octanol–water partition coefficient (Wildman–Crippen LogP) is 3.52. The van der Waals surface area contributed by atoms with Gasteiger partial charge in [0.15, 0.2) is 5.78 Å². The first-order chi connectivity index (χ1) is 7.79. The molecule has 0 N–H and O–H groups in total. The van der Waals surface area contributed by atoms with Crippen molar-refractivity contribution in [1.82, 2.24) is 0 Å². The largest absolute Gasteiger partial charge is 0.495 e. The zero-order valence-electron chi connectivity index (χ0n) is 9.14. The second kappa shape index (κ2) is 4.96. The number of rotatable bonds is 3. The van der Waals surface area contributed by atoms with E-state index in [2.05, 4.69) is 4.74 Å². The van der Waals surface area contributed by atoms with Crippen molar-refractivity contribution in [2.24, 2.45) is 0 Å². The van der Waals surface area contributed by atoms with Crippen LogP contribution < -0.4 is 4.74 Å². The summed E-state index contributed by atoms with van der Waals surface area (Å²) in [7, 11) is 1.08. The van der Waals surface area contributed by atoms with E-state index in [-0.39, 0.29) is 5.56 Å².